The number of nitrogens with one attached hydrogen (secondary N) is 2. The fourth-order valence-corrected chi connectivity index (χ4v) is 2.12. The highest BCUT2D eigenvalue weighted by atomic mass is 19.1. The summed E-state index contributed by atoms with van der Waals surface area (Å²) in [5.41, 5.74) is 1.13. The van der Waals surface area contributed by atoms with Gasteiger partial charge in [0.2, 0.25) is 0 Å². The number of aryl methyl sites for hydroxylation is 1. The van der Waals surface area contributed by atoms with Crippen LogP contribution in [-0.4, -0.2) is 16.9 Å². The van der Waals surface area contributed by atoms with E-state index in [1.807, 2.05) is 0 Å². The van der Waals surface area contributed by atoms with Crippen molar-refractivity contribution in [1.82, 2.24) is 10.3 Å². The molecule has 3 rings (SSSR count). The Morgan fingerprint density at radius 3 is 2.78 bits per heavy atom. The van der Waals surface area contributed by atoms with E-state index in [2.05, 4.69) is 10.3 Å². The number of H-pyrrole nitrogens is 1. The Balaban J connectivity index is 2.09. The summed E-state index contributed by atoms with van der Waals surface area (Å²) in [6.45, 7) is 1.65. The lowest BCUT2D eigenvalue weighted by molar-refractivity contribution is 0.0946. The molecule has 0 bridgehead atoms. The summed E-state index contributed by atoms with van der Waals surface area (Å²) in [5, 5.41) is 3.09. The molecule has 0 atom stereocenters. The maximum atomic E-state index is 13.7. The van der Waals surface area contributed by atoms with Crippen molar-refractivity contribution in [2.24, 2.45) is 0 Å². The molecule has 18 heavy (non-hydrogen) atoms. The van der Waals surface area contributed by atoms with Crippen molar-refractivity contribution in [3.63, 3.8) is 0 Å². The zero-order chi connectivity index (χ0) is 12.9. The smallest absolute Gasteiger partial charge is 0.268 e. The third-order valence-electron chi connectivity index (χ3n) is 3.20. The number of carbonyl (C=O) groups is 1. The monoisotopic (exact) mass is 250 g/mol. The van der Waals surface area contributed by atoms with Crippen molar-refractivity contribution in [2.45, 2.75) is 25.8 Å². The van der Waals surface area contributed by atoms with Crippen LogP contribution in [0.1, 0.15) is 28.9 Å². The van der Waals surface area contributed by atoms with E-state index in [9.17, 15) is 13.6 Å². The zero-order valence-electron chi connectivity index (χ0n) is 9.81. The Morgan fingerprint density at radius 2 is 2.11 bits per heavy atom. The molecule has 2 N–H and O–H groups in total. The van der Waals surface area contributed by atoms with Crippen LogP contribution in [0.4, 0.5) is 8.78 Å². The van der Waals surface area contributed by atoms with Crippen LogP contribution in [0.3, 0.4) is 0 Å². The summed E-state index contributed by atoms with van der Waals surface area (Å²) in [6.07, 6.45) is 1.96. The number of amides is 1. The summed E-state index contributed by atoms with van der Waals surface area (Å²) in [4.78, 5) is 14.7. The van der Waals surface area contributed by atoms with E-state index >= 15 is 0 Å². The number of carbonyl (C=O) groups excluding carboxylic acids is 1. The van der Waals surface area contributed by atoms with E-state index in [1.54, 1.807) is 6.92 Å². The summed E-state index contributed by atoms with van der Waals surface area (Å²) in [6, 6.07) is 2.25. The van der Waals surface area contributed by atoms with Crippen LogP contribution in [0.5, 0.6) is 0 Å². The van der Waals surface area contributed by atoms with Gasteiger partial charge in [-0.05, 0) is 31.4 Å². The van der Waals surface area contributed by atoms with Crippen LogP contribution in [0, 0.1) is 18.6 Å². The summed E-state index contributed by atoms with van der Waals surface area (Å²) >= 11 is 0. The molecule has 3 nitrogen and oxygen atoms in total. The van der Waals surface area contributed by atoms with Crippen molar-refractivity contribution in [3.8, 4) is 0 Å². The predicted octanol–water partition coefficient (Wildman–Crippen LogP) is 2.65. The van der Waals surface area contributed by atoms with Crippen LogP contribution in [0.25, 0.3) is 10.9 Å². The zero-order valence-corrected chi connectivity index (χ0v) is 9.81. The molecule has 94 valence electrons. The average Bonchev–Trinajstić information content (AvgIpc) is 3.02. The molecule has 0 radical (unpaired) electrons. The van der Waals surface area contributed by atoms with Gasteiger partial charge in [0.05, 0.1) is 5.52 Å². The molecular formula is C13H12F2N2O. The lowest BCUT2D eigenvalue weighted by Gasteiger charge is -2.01. The number of halogens is 2. The third-order valence-corrected chi connectivity index (χ3v) is 3.20. The normalized spacial score (nSPS) is 15.1. The van der Waals surface area contributed by atoms with Gasteiger partial charge in [0.1, 0.15) is 17.3 Å². The number of hydrogen-bond acceptors (Lipinski definition) is 1. The summed E-state index contributed by atoms with van der Waals surface area (Å²) in [7, 11) is 0. The Morgan fingerprint density at radius 1 is 1.39 bits per heavy atom. The average molecular weight is 250 g/mol. The Hall–Kier alpha value is -1.91. The van der Waals surface area contributed by atoms with E-state index in [1.165, 1.54) is 6.07 Å². The molecule has 1 amide bonds. The van der Waals surface area contributed by atoms with Crippen LogP contribution >= 0.6 is 0 Å². The molecule has 1 saturated carbocycles. The highest BCUT2D eigenvalue weighted by Crippen LogP contribution is 2.26. The lowest BCUT2D eigenvalue weighted by atomic mass is 10.1. The Labute approximate surface area is 102 Å². The lowest BCUT2D eigenvalue weighted by Crippen LogP contribution is -2.26. The molecule has 1 aliphatic carbocycles. The highest BCUT2D eigenvalue weighted by molar-refractivity contribution is 6.01. The van der Waals surface area contributed by atoms with Crippen molar-refractivity contribution in [1.29, 1.82) is 0 Å². The maximum absolute atomic E-state index is 13.7. The van der Waals surface area contributed by atoms with E-state index in [0.29, 0.717) is 16.8 Å². The first kappa shape index (κ1) is 11.2. The van der Waals surface area contributed by atoms with E-state index in [4.69, 9.17) is 0 Å². The van der Waals surface area contributed by atoms with Crippen molar-refractivity contribution < 1.29 is 13.6 Å². The minimum absolute atomic E-state index is 0.227. The Bertz CT molecular complexity index is 644. The van der Waals surface area contributed by atoms with Crippen molar-refractivity contribution >= 4 is 16.8 Å². The van der Waals surface area contributed by atoms with Gasteiger partial charge in [0.25, 0.3) is 5.91 Å². The first-order valence-corrected chi connectivity index (χ1v) is 5.84. The topological polar surface area (TPSA) is 44.9 Å². The standard InChI is InChI=1S/C13H12F2N2O/c1-6-11-9(15)4-7(14)5-10(11)17-12(6)13(18)16-8-2-3-8/h4-5,8,17H,2-3H2,1H3,(H,16,18). The van der Waals surface area contributed by atoms with Gasteiger partial charge in [-0.25, -0.2) is 8.78 Å². The Kier molecular flexibility index (Phi) is 2.36. The number of fused-ring (bicyclic) bond motifs is 1. The number of hydrogen-bond donors (Lipinski definition) is 2. The molecule has 0 saturated heterocycles. The first-order valence-electron chi connectivity index (χ1n) is 5.84. The second-order valence-corrected chi connectivity index (χ2v) is 4.68. The molecule has 1 fully saturated rings. The van der Waals surface area contributed by atoms with Crippen molar-refractivity contribution in [3.05, 3.63) is 35.0 Å². The van der Waals surface area contributed by atoms with Gasteiger partial charge in [-0.1, -0.05) is 0 Å². The van der Waals surface area contributed by atoms with Gasteiger partial charge in [0, 0.05) is 17.5 Å². The number of benzene rings is 1. The first-order chi connectivity index (χ1) is 8.56. The summed E-state index contributed by atoms with van der Waals surface area (Å²) in [5.74, 6) is -1.56. The number of aromatic nitrogens is 1. The van der Waals surface area contributed by atoms with Gasteiger partial charge in [-0.15, -0.1) is 0 Å². The number of aromatic amines is 1. The van der Waals surface area contributed by atoms with Gasteiger partial charge in [-0.3, -0.25) is 4.79 Å². The molecule has 0 unspecified atom stereocenters. The van der Waals surface area contributed by atoms with Crippen LogP contribution in [0.15, 0.2) is 12.1 Å². The van der Waals surface area contributed by atoms with Gasteiger partial charge >= 0.3 is 0 Å². The highest BCUT2D eigenvalue weighted by Gasteiger charge is 2.26. The SMILES string of the molecule is Cc1c(C(=O)NC2CC2)[nH]c2cc(F)cc(F)c12. The van der Waals surface area contributed by atoms with Crippen molar-refractivity contribution in [2.75, 3.05) is 0 Å². The maximum Gasteiger partial charge on any atom is 0.268 e. The predicted molar refractivity (Wildman–Crippen MR) is 63.4 cm³/mol. The molecule has 1 aliphatic rings. The molecular weight excluding hydrogens is 238 g/mol. The van der Waals surface area contributed by atoms with Gasteiger partial charge in [0.15, 0.2) is 0 Å². The van der Waals surface area contributed by atoms with Gasteiger partial charge in [-0.2, -0.15) is 0 Å². The summed E-state index contributed by atoms with van der Waals surface area (Å²) < 4.78 is 26.8. The largest absolute Gasteiger partial charge is 0.350 e. The second-order valence-electron chi connectivity index (χ2n) is 4.68. The van der Waals surface area contributed by atoms with E-state index in [-0.39, 0.29) is 17.3 Å². The fraction of sp³-hybridized carbons (Fsp3) is 0.308. The molecule has 0 aliphatic heterocycles. The minimum atomic E-state index is -0.657. The molecule has 1 heterocycles. The fourth-order valence-electron chi connectivity index (χ4n) is 2.12. The molecule has 1 aromatic carbocycles. The molecule has 2 aromatic rings. The molecule has 0 spiro atoms. The third kappa shape index (κ3) is 1.75. The van der Waals surface area contributed by atoms with Crippen LogP contribution in [0.2, 0.25) is 0 Å². The quantitative estimate of drug-likeness (QED) is 0.845. The molecule has 1 aromatic heterocycles. The van der Waals surface area contributed by atoms with Crippen LogP contribution < -0.4 is 5.32 Å². The number of rotatable bonds is 2. The van der Waals surface area contributed by atoms with E-state index in [0.717, 1.165) is 18.9 Å². The second kappa shape index (κ2) is 3.80. The minimum Gasteiger partial charge on any atom is -0.350 e. The van der Waals surface area contributed by atoms with Crippen LogP contribution in [-0.2, 0) is 0 Å². The van der Waals surface area contributed by atoms with E-state index < -0.39 is 11.6 Å². The van der Waals surface area contributed by atoms with Gasteiger partial charge < -0.3 is 10.3 Å². The molecule has 5 heteroatoms.